The van der Waals surface area contributed by atoms with E-state index < -0.39 is 0 Å². The molecule has 1 heterocycles. The number of nitrogens with zero attached hydrogens (tertiary/aromatic N) is 2. The van der Waals surface area contributed by atoms with Gasteiger partial charge in [0.05, 0.1) is 10.2 Å². The second kappa shape index (κ2) is 6.18. The van der Waals surface area contributed by atoms with E-state index in [0.29, 0.717) is 23.5 Å². The predicted octanol–water partition coefficient (Wildman–Crippen LogP) is 3.82. The van der Waals surface area contributed by atoms with Crippen molar-refractivity contribution in [1.82, 2.24) is 9.97 Å². The Morgan fingerprint density at radius 2 is 1.89 bits per heavy atom. The fourth-order valence-electron chi connectivity index (χ4n) is 2.77. The van der Waals surface area contributed by atoms with Crippen molar-refractivity contribution in [3.8, 4) is 0 Å². The molecule has 19 heavy (non-hydrogen) atoms. The molecular weight excluding hydrogens is 306 g/mol. The Labute approximate surface area is 123 Å². The minimum Gasteiger partial charge on any atom is -0.383 e. The second-order valence-electron chi connectivity index (χ2n) is 5.55. The highest BCUT2D eigenvalue weighted by molar-refractivity contribution is 9.10. The molecule has 1 aromatic rings. The SMILES string of the molecule is COC(c1nc(N)c(Br)c(C2CCCC2)n1)C(C)C. The molecule has 0 aromatic carbocycles. The first kappa shape index (κ1) is 14.7. The van der Waals surface area contributed by atoms with E-state index in [1.54, 1.807) is 7.11 Å². The third-order valence-electron chi connectivity index (χ3n) is 3.78. The number of nitrogens with two attached hydrogens (primary N) is 1. The van der Waals surface area contributed by atoms with Gasteiger partial charge in [0.15, 0.2) is 5.82 Å². The summed E-state index contributed by atoms with van der Waals surface area (Å²) in [6.07, 6.45) is 4.82. The van der Waals surface area contributed by atoms with Crippen molar-refractivity contribution in [2.45, 2.75) is 51.6 Å². The first-order valence-electron chi connectivity index (χ1n) is 6.90. The maximum absolute atomic E-state index is 6.03. The van der Waals surface area contributed by atoms with Crippen molar-refractivity contribution >= 4 is 21.7 Å². The van der Waals surface area contributed by atoms with Gasteiger partial charge in [0, 0.05) is 13.0 Å². The van der Waals surface area contributed by atoms with Crippen LogP contribution in [0.25, 0.3) is 0 Å². The van der Waals surface area contributed by atoms with Crippen molar-refractivity contribution in [3.63, 3.8) is 0 Å². The molecular formula is C14H22BrN3O. The molecule has 1 aliphatic carbocycles. The molecule has 106 valence electrons. The lowest BCUT2D eigenvalue weighted by Crippen LogP contribution is -2.16. The van der Waals surface area contributed by atoms with Crippen LogP contribution in [-0.4, -0.2) is 17.1 Å². The van der Waals surface area contributed by atoms with Gasteiger partial charge in [0.2, 0.25) is 0 Å². The minimum atomic E-state index is -0.101. The molecule has 0 bridgehead atoms. The monoisotopic (exact) mass is 327 g/mol. The third kappa shape index (κ3) is 3.08. The molecule has 4 nitrogen and oxygen atoms in total. The lowest BCUT2D eigenvalue weighted by atomic mass is 10.0. The summed E-state index contributed by atoms with van der Waals surface area (Å²) in [7, 11) is 1.70. The normalized spacial score (nSPS) is 18.2. The molecule has 1 aliphatic rings. The number of hydrogen-bond acceptors (Lipinski definition) is 4. The molecule has 0 radical (unpaired) electrons. The van der Waals surface area contributed by atoms with E-state index in [1.807, 2.05) is 0 Å². The van der Waals surface area contributed by atoms with Crippen LogP contribution < -0.4 is 5.73 Å². The number of methoxy groups -OCH3 is 1. The topological polar surface area (TPSA) is 61.0 Å². The Morgan fingerprint density at radius 3 is 2.42 bits per heavy atom. The lowest BCUT2D eigenvalue weighted by molar-refractivity contribution is 0.0573. The molecule has 2 rings (SSSR count). The predicted molar refractivity (Wildman–Crippen MR) is 79.9 cm³/mol. The Morgan fingerprint density at radius 1 is 1.26 bits per heavy atom. The van der Waals surface area contributed by atoms with E-state index in [2.05, 4.69) is 34.8 Å². The standard InChI is InChI=1S/C14H22BrN3O/c1-8(2)12(19-3)14-17-11(9-6-4-5-7-9)10(15)13(16)18-14/h8-9,12H,4-7H2,1-3H3,(H2,16,17,18). The summed E-state index contributed by atoms with van der Waals surface area (Å²) in [5.41, 5.74) is 7.09. The average molecular weight is 328 g/mol. The van der Waals surface area contributed by atoms with Gasteiger partial charge in [-0.25, -0.2) is 9.97 Å². The van der Waals surface area contributed by atoms with Crippen LogP contribution in [-0.2, 0) is 4.74 Å². The van der Waals surface area contributed by atoms with Crippen LogP contribution >= 0.6 is 15.9 Å². The smallest absolute Gasteiger partial charge is 0.160 e. The number of nitrogen functional groups attached to an aromatic ring is 1. The molecule has 0 aliphatic heterocycles. The van der Waals surface area contributed by atoms with Crippen LogP contribution in [0.3, 0.4) is 0 Å². The summed E-state index contributed by atoms with van der Waals surface area (Å²) in [6, 6.07) is 0. The number of halogens is 1. The molecule has 0 saturated heterocycles. The van der Waals surface area contributed by atoms with Crippen LogP contribution in [0.1, 0.15) is 63.1 Å². The van der Waals surface area contributed by atoms with Crippen LogP contribution in [0.4, 0.5) is 5.82 Å². The third-order valence-corrected chi connectivity index (χ3v) is 4.59. The zero-order valence-electron chi connectivity index (χ0n) is 11.8. The molecule has 1 unspecified atom stereocenters. The van der Waals surface area contributed by atoms with Crippen LogP contribution in [0.5, 0.6) is 0 Å². The van der Waals surface area contributed by atoms with E-state index in [1.165, 1.54) is 25.7 Å². The average Bonchev–Trinajstić information content (AvgIpc) is 2.87. The van der Waals surface area contributed by atoms with E-state index in [-0.39, 0.29) is 6.10 Å². The van der Waals surface area contributed by atoms with Crippen LogP contribution in [0, 0.1) is 5.92 Å². The summed E-state index contributed by atoms with van der Waals surface area (Å²) in [5.74, 6) is 2.06. The van der Waals surface area contributed by atoms with Crippen molar-refractivity contribution in [3.05, 3.63) is 16.0 Å². The van der Waals surface area contributed by atoms with Gasteiger partial charge in [0.1, 0.15) is 11.9 Å². The fourth-order valence-corrected chi connectivity index (χ4v) is 3.27. The Bertz CT molecular complexity index is 445. The summed E-state index contributed by atoms with van der Waals surface area (Å²) in [5, 5.41) is 0. The first-order chi connectivity index (χ1) is 9.04. The van der Waals surface area contributed by atoms with Crippen molar-refractivity contribution in [2.75, 3.05) is 12.8 Å². The van der Waals surface area contributed by atoms with Gasteiger partial charge >= 0.3 is 0 Å². The Balaban J connectivity index is 2.40. The number of aromatic nitrogens is 2. The molecule has 0 amide bonds. The first-order valence-corrected chi connectivity index (χ1v) is 7.69. The van der Waals surface area contributed by atoms with Gasteiger partial charge in [-0.2, -0.15) is 0 Å². The van der Waals surface area contributed by atoms with E-state index >= 15 is 0 Å². The molecule has 0 spiro atoms. The lowest BCUT2D eigenvalue weighted by Gasteiger charge is -2.21. The molecule has 1 saturated carbocycles. The summed E-state index contributed by atoms with van der Waals surface area (Å²) < 4.78 is 6.38. The Hall–Kier alpha value is -0.680. The zero-order chi connectivity index (χ0) is 14.0. The van der Waals surface area contributed by atoms with E-state index in [0.717, 1.165) is 10.2 Å². The second-order valence-corrected chi connectivity index (χ2v) is 6.34. The number of rotatable bonds is 4. The van der Waals surface area contributed by atoms with Gasteiger partial charge < -0.3 is 10.5 Å². The minimum absolute atomic E-state index is 0.101. The molecule has 5 heteroatoms. The van der Waals surface area contributed by atoms with Crippen molar-refractivity contribution in [1.29, 1.82) is 0 Å². The molecule has 1 aromatic heterocycles. The highest BCUT2D eigenvalue weighted by atomic mass is 79.9. The maximum atomic E-state index is 6.03. The molecule has 1 fully saturated rings. The number of hydrogen-bond donors (Lipinski definition) is 1. The summed E-state index contributed by atoms with van der Waals surface area (Å²) >= 11 is 3.54. The quantitative estimate of drug-likeness (QED) is 0.913. The van der Waals surface area contributed by atoms with Gasteiger partial charge in [-0.05, 0) is 34.7 Å². The highest BCUT2D eigenvalue weighted by Gasteiger charge is 2.26. The highest BCUT2D eigenvalue weighted by Crippen LogP contribution is 2.39. The van der Waals surface area contributed by atoms with Crippen molar-refractivity contribution in [2.24, 2.45) is 5.92 Å². The summed E-state index contributed by atoms with van der Waals surface area (Å²) in [6.45, 7) is 4.20. The largest absolute Gasteiger partial charge is 0.383 e. The maximum Gasteiger partial charge on any atom is 0.160 e. The van der Waals surface area contributed by atoms with E-state index in [4.69, 9.17) is 15.5 Å². The summed E-state index contributed by atoms with van der Waals surface area (Å²) in [4.78, 5) is 9.14. The zero-order valence-corrected chi connectivity index (χ0v) is 13.4. The molecule has 1 atom stereocenters. The molecule has 2 N–H and O–H groups in total. The number of anilines is 1. The van der Waals surface area contributed by atoms with Crippen LogP contribution in [0.2, 0.25) is 0 Å². The van der Waals surface area contributed by atoms with Crippen LogP contribution in [0.15, 0.2) is 4.47 Å². The van der Waals surface area contributed by atoms with Gasteiger partial charge in [-0.1, -0.05) is 26.7 Å². The number of ether oxygens (including phenoxy) is 1. The Kier molecular flexibility index (Phi) is 4.79. The van der Waals surface area contributed by atoms with Gasteiger partial charge in [-0.3, -0.25) is 0 Å². The van der Waals surface area contributed by atoms with E-state index in [9.17, 15) is 0 Å². The van der Waals surface area contributed by atoms with Crippen molar-refractivity contribution < 1.29 is 4.74 Å². The van der Waals surface area contributed by atoms with Gasteiger partial charge in [0.25, 0.3) is 0 Å². The fraction of sp³-hybridized carbons (Fsp3) is 0.714. The van der Waals surface area contributed by atoms with Gasteiger partial charge in [-0.15, -0.1) is 0 Å².